The van der Waals surface area contributed by atoms with Crippen LogP contribution in [0.5, 0.6) is 5.75 Å². The first-order chi connectivity index (χ1) is 7.54. The molecule has 0 heterocycles. The molecule has 1 aromatic rings. The molecule has 1 aromatic carbocycles. The zero-order chi connectivity index (χ0) is 12.1. The van der Waals surface area contributed by atoms with Gasteiger partial charge in [-0.3, -0.25) is 0 Å². The highest BCUT2D eigenvalue weighted by atomic mass is 35.5. The number of rotatable bonds is 5. The van der Waals surface area contributed by atoms with Crippen LogP contribution in [0, 0.1) is 6.92 Å². The van der Waals surface area contributed by atoms with E-state index in [-0.39, 0.29) is 0 Å². The fourth-order valence-electron chi connectivity index (χ4n) is 1.53. The monoisotopic (exact) mass is 259 g/mol. The zero-order valence-electron chi connectivity index (χ0n) is 9.88. The van der Waals surface area contributed by atoms with Crippen molar-refractivity contribution >= 4 is 23.4 Å². The smallest absolute Gasteiger partial charge is 0.123 e. The van der Waals surface area contributed by atoms with E-state index in [0.29, 0.717) is 23.4 Å². The maximum absolute atomic E-state index is 9.86. The van der Waals surface area contributed by atoms with E-state index in [1.165, 1.54) is 0 Å². The normalized spacial score (nSPS) is 12.8. The summed E-state index contributed by atoms with van der Waals surface area (Å²) in [5, 5.41) is 13.9. The minimum atomic E-state index is 0.341. The Balaban J connectivity index is 2.66. The number of hydrogen-bond acceptors (Lipinski definition) is 3. The number of phenolic OH excluding ortho intramolecular Hbond substituents is 1. The number of thioether (sulfide) groups is 1. The minimum absolute atomic E-state index is 0.341. The van der Waals surface area contributed by atoms with Gasteiger partial charge in [0.15, 0.2) is 0 Å². The molecule has 16 heavy (non-hydrogen) atoms. The van der Waals surface area contributed by atoms with Gasteiger partial charge in [-0.15, -0.1) is 0 Å². The fraction of sp³-hybridized carbons (Fsp3) is 0.500. The lowest BCUT2D eigenvalue weighted by atomic mass is 10.1. The summed E-state index contributed by atoms with van der Waals surface area (Å²) in [6.45, 7) is 4.63. The molecule has 0 amide bonds. The predicted octanol–water partition coefficient (Wildman–Crippen LogP) is 3.20. The second-order valence-electron chi connectivity index (χ2n) is 3.97. The summed E-state index contributed by atoms with van der Waals surface area (Å²) >= 11 is 7.76. The van der Waals surface area contributed by atoms with E-state index in [4.69, 9.17) is 11.6 Å². The molecule has 1 unspecified atom stereocenters. The van der Waals surface area contributed by atoms with Crippen LogP contribution in [0.15, 0.2) is 12.1 Å². The SMILES string of the molecule is CSCC(C)NCc1cc(Cl)cc(C)c1O. The van der Waals surface area contributed by atoms with Crippen molar-refractivity contribution in [3.05, 3.63) is 28.3 Å². The second kappa shape index (κ2) is 6.38. The third-order valence-corrected chi connectivity index (χ3v) is 3.45. The Kier molecular flexibility index (Phi) is 5.46. The molecule has 2 nitrogen and oxygen atoms in total. The van der Waals surface area contributed by atoms with Crippen LogP contribution in [0.3, 0.4) is 0 Å². The Morgan fingerprint density at radius 1 is 1.50 bits per heavy atom. The van der Waals surface area contributed by atoms with Gasteiger partial charge in [-0.1, -0.05) is 11.6 Å². The molecule has 0 aliphatic heterocycles. The van der Waals surface area contributed by atoms with Gasteiger partial charge in [-0.25, -0.2) is 0 Å². The van der Waals surface area contributed by atoms with E-state index in [0.717, 1.165) is 16.9 Å². The summed E-state index contributed by atoms with van der Waals surface area (Å²) in [5.74, 6) is 1.40. The lowest BCUT2D eigenvalue weighted by Gasteiger charge is -2.14. The fourth-order valence-corrected chi connectivity index (χ4v) is 2.45. The molecule has 90 valence electrons. The molecular weight excluding hydrogens is 242 g/mol. The van der Waals surface area contributed by atoms with Crippen LogP contribution >= 0.6 is 23.4 Å². The van der Waals surface area contributed by atoms with Crippen LogP contribution < -0.4 is 5.32 Å². The molecule has 0 fully saturated rings. The molecule has 0 aromatic heterocycles. The molecule has 1 rings (SSSR count). The van der Waals surface area contributed by atoms with E-state index in [9.17, 15) is 5.11 Å². The number of hydrogen-bond donors (Lipinski definition) is 2. The molecule has 0 saturated carbocycles. The summed E-state index contributed by atoms with van der Waals surface area (Å²) in [5.41, 5.74) is 1.68. The number of aryl methyl sites for hydroxylation is 1. The molecule has 2 N–H and O–H groups in total. The average molecular weight is 260 g/mol. The van der Waals surface area contributed by atoms with Gasteiger partial charge in [0.05, 0.1) is 0 Å². The maximum atomic E-state index is 9.86. The van der Waals surface area contributed by atoms with Crippen molar-refractivity contribution in [2.75, 3.05) is 12.0 Å². The van der Waals surface area contributed by atoms with Crippen molar-refractivity contribution < 1.29 is 5.11 Å². The van der Waals surface area contributed by atoms with Crippen molar-refractivity contribution in [2.24, 2.45) is 0 Å². The van der Waals surface area contributed by atoms with E-state index in [2.05, 4.69) is 18.5 Å². The number of nitrogens with one attached hydrogen (secondary N) is 1. The van der Waals surface area contributed by atoms with E-state index >= 15 is 0 Å². The van der Waals surface area contributed by atoms with Gasteiger partial charge in [0.2, 0.25) is 0 Å². The first kappa shape index (κ1) is 13.7. The molecule has 0 radical (unpaired) electrons. The summed E-state index contributed by atoms with van der Waals surface area (Å²) < 4.78 is 0. The van der Waals surface area contributed by atoms with Gasteiger partial charge >= 0.3 is 0 Å². The van der Waals surface area contributed by atoms with Crippen molar-refractivity contribution in [3.8, 4) is 5.75 Å². The highest BCUT2D eigenvalue weighted by molar-refractivity contribution is 7.98. The lowest BCUT2D eigenvalue weighted by molar-refractivity contribution is 0.457. The third kappa shape index (κ3) is 3.89. The van der Waals surface area contributed by atoms with Crippen molar-refractivity contribution in [1.82, 2.24) is 5.32 Å². The number of aromatic hydroxyl groups is 1. The van der Waals surface area contributed by atoms with Gasteiger partial charge < -0.3 is 10.4 Å². The lowest BCUT2D eigenvalue weighted by Crippen LogP contribution is -2.27. The molecular formula is C12H18ClNOS. The Morgan fingerprint density at radius 3 is 2.81 bits per heavy atom. The Labute approximate surface area is 106 Å². The van der Waals surface area contributed by atoms with Crippen molar-refractivity contribution in [2.45, 2.75) is 26.4 Å². The molecule has 4 heteroatoms. The van der Waals surface area contributed by atoms with Crippen molar-refractivity contribution in [3.63, 3.8) is 0 Å². The summed E-state index contributed by atoms with van der Waals surface area (Å²) in [7, 11) is 0. The first-order valence-electron chi connectivity index (χ1n) is 5.25. The van der Waals surface area contributed by atoms with Crippen molar-refractivity contribution in [1.29, 1.82) is 0 Å². The maximum Gasteiger partial charge on any atom is 0.123 e. The average Bonchev–Trinajstić information content (AvgIpc) is 2.21. The molecule has 1 atom stereocenters. The quantitative estimate of drug-likeness (QED) is 0.852. The summed E-state index contributed by atoms with van der Waals surface area (Å²) in [6.07, 6.45) is 2.08. The van der Waals surface area contributed by atoms with Gasteiger partial charge in [0.1, 0.15) is 5.75 Å². The van der Waals surface area contributed by atoms with E-state index < -0.39 is 0 Å². The van der Waals surface area contributed by atoms with Crippen LogP contribution in [0.25, 0.3) is 0 Å². The van der Waals surface area contributed by atoms with Crippen LogP contribution in [0.4, 0.5) is 0 Å². The Hall–Kier alpha value is -0.380. The van der Waals surface area contributed by atoms with Gasteiger partial charge in [0, 0.05) is 28.9 Å². The summed E-state index contributed by atoms with van der Waals surface area (Å²) in [4.78, 5) is 0. The predicted molar refractivity (Wildman–Crippen MR) is 72.5 cm³/mol. The minimum Gasteiger partial charge on any atom is -0.507 e. The van der Waals surface area contributed by atoms with Crippen LogP contribution in [-0.2, 0) is 6.54 Å². The third-order valence-electron chi connectivity index (χ3n) is 2.40. The standard InChI is InChI=1S/C12H18ClNOS/c1-8-4-11(13)5-10(12(8)15)6-14-9(2)7-16-3/h4-5,9,14-15H,6-7H2,1-3H3. The Bertz CT molecular complexity index is 357. The zero-order valence-corrected chi connectivity index (χ0v) is 11.5. The van der Waals surface area contributed by atoms with Crippen LogP contribution in [0.2, 0.25) is 5.02 Å². The number of benzene rings is 1. The number of phenols is 1. The summed E-state index contributed by atoms with van der Waals surface area (Å²) in [6, 6.07) is 4.00. The van der Waals surface area contributed by atoms with Gasteiger partial charge in [0.25, 0.3) is 0 Å². The van der Waals surface area contributed by atoms with Crippen LogP contribution in [0.1, 0.15) is 18.1 Å². The van der Waals surface area contributed by atoms with Gasteiger partial charge in [-0.2, -0.15) is 11.8 Å². The molecule has 0 bridgehead atoms. The molecule has 0 aliphatic carbocycles. The molecule has 0 spiro atoms. The Morgan fingerprint density at radius 2 is 2.19 bits per heavy atom. The largest absolute Gasteiger partial charge is 0.507 e. The van der Waals surface area contributed by atoms with Crippen LogP contribution in [-0.4, -0.2) is 23.2 Å². The number of halogens is 1. The van der Waals surface area contributed by atoms with Gasteiger partial charge in [-0.05, 0) is 37.8 Å². The second-order valence-corrected chi connectivity index (χ2v) is 5.31. The highest BCUT2D eigenvalue weighted by Crippen LogP contribution is 2.26. The first-order valence-corrected chi connectivity index (χ1v) is 7.02. The topological polar surface area (TPSA) is 32.3 Å². The highest BCUT2D eigenvalue weighted by Gasteiger charge is 2.07. The van der Waals surface area contributed by atoms with E-state index in [1.807, 2.05) is 13.0 Å². The molecule has 0 aliphatic rings. The van der Waals surface area contributed by atoms with E-state index in [1.54, 1.807) is 17.8 Å². The molecule has 0 saturated heterocycles.